The van der Waals surface area contributed by atoms with E-state index in [1.807, 2.05) is 13.8 Å². The number of halogens is 2. The molecule has 0 atom stereocenters. The number of carbonyl (C=O) groups excluding carboxylic acids is 2. The Balaban J connectivity index is 2.70. The molecule has 0 aromatic heterocycles. The van der Waals surface area contributed by atoms with E-state index in [0.717, 1.165) is 0 Å². The van der Waals surface area contributed by atoms with Gasteiger partial charge in [-0.15, -0.1) is 0 Å². The van der Waals surface area contributed by atoms with Crippen LogP contribution in [0.5, 0.6) is 0 Å². The SMILES string of the molecule is COC(=O)CN(CC(=O)Nc1cccc(Cl)c1Cl)C(C)C. The molecule has 0 spiro atoms. The van der Waals surface area contributed by atoms with E-state index in [-0.39, 0.29) is 30.1 Å². The Kier molecular flexibility index (Phi) is 6.95. The minimum Gasteiger partial charge on any atom is -0.468 e. The summed E-state index contributed by atoms with van der Waals surface area (Å²) in [5.74, 6) is -0.672. The fourth-order valence-electron chi connectivity index (χ4n) is 1.63. The average molecular weight is 333 g/mol. The fourth-order valence-corrected chi connectivity index (χ4v) is 1.97. The largest absolute Gasteiger partial charge is 0.468 e. The number of anilines is 1. The maximum Gasteiger partial charge on any atom is 0.319 e. The van der Waals surface area contributed by atoms with Gasteiger partial charge in [0.05, 0.1) is 35.9 Å². The molecular weight excluding hydrogens is 315 g/mol. The number of methoxy groups -OCH3 is 1. The summed E-state index contributed by atoms with van der Waals surface area (Å²) in [5, 5.41) is 3.33. The Morgan fingerprint density at radius 2 is 1.95 bits per heavy atom. The van der Waals surface area contributed by atoms with Gasteiger partial charge in [-0.1, -0.05) is 29.3 Å². The van der Waals surface area contributed by atoms with Gasteiger partial charge in [-0.2, -0.15) is 0 Å². The van der Waals surface area contributed by atoms with Crippen LogP contribution in [-0.4, -0.2) is 43.0 Å². The molecule has 1 rings (SSSR count). The summed E-state index contributed by atoms with van der Waals surface area (Å²) in [5.41, 5.74) is 0.441. The zero-order valence-corrected chi connectivity index (χ0v) is 13.7. The van der Waals surface area contributed by atoms with Gasteiger partial charge in [-0.05, 0) is 26.0 Å². The van der Waals surface area contributed by atoms with E-state index in [4.69, 9.17) is 23.2 Å². The summed E-state index contributed by atoms with van der Waals surface area (Å²) in [4.78, 5) is 25.1. The lowest BCUT2D eigenvalue weighted by Gasteiger charge is -2.24. The molecule has 116 valence electrons. The third-order valence-electron chi connectivity index (χ3n) is 2.86. The van der Waals surface area contributed by atoms with Crippen LogP contribution >= 0.6 is 23.2 Å². The first-order valence-electron chi connectivity index (χ1n) is 6.40. The van der Waals surface area contributed by atoms with E-state index < -0.39 is 5.97 Å². The normalized spacial score (nSPS) is 10.8. The molecule has 0 fully saturated rings. The van der Waals surface area contributed by atoms with Crippen molar-refractivity contribution in [3.63, 3.8) is 0 Å². The predicted molar refractivity (Wildman–Crippen MR) is 83.8 cm³/mol. The Labute approximate surface area is 134 Å². The van der Waals surface area contributed by atoms with Crippen molar-refractivity contribution in [2.75, 3.05) is 25.5 Å². The number of rotatable bonds is 6. The molecule has 0 aliphatic carbocycles. The van der Waals surface area contributed by atoms with E-state index in [2.05, 4.69) is 10.1 Å². The summed E-state index contributed by atoms with van der Waals surface area (Å²) in [6.07, 6.45) is 0. The van der Waals surface area contributed by atoms with Gasteiger partial charge < -0.3 is 10.1 Å². The number of amides is 1. The van der Waals surface area contributed by atoms with Crippen LogP contribution in [0.3, 0.4) is 0 Å². The molecule has 1 amide bonds. The van der Waals surface area contributed by atoms with Gasteiger partial charge >= 0.3 is 5.97 Å². The molecule has 0 bridgehead atoms. The van der Waals surface area contributed by atoms with Gasteiger partial charge in [-0.3, -0.25) is 14.5 Å². The molecule has 0 unspecified atom stereocenters. The number of esters is 1. The number of nitrogens with one attached hydrogen (secondary N) is 1. The highest BCUT2D eigenvalue weighted by molar-refractivity contribution is 6.43. The van der Waals surface area contributed by atoms with Crippen LogP contribution in [0.25, 0.3) is 0 Å². The monoisotopic (exact) mass is 332 g/mol. The van der Waals surface area contributed by atoms with Crippen LogP contribution in [0.4, 0.5) is 5.69 Å². The van der Waals surface area contributed by atoms with Crippen molar-refractivity contribution < 1.29 is 14.3 Å². The first kappa shape index (κ1) is 17.8. The first-order chi connectivity index (χ1) is 9.85. The van der Waals surface area contributed by atoms with Crippen molar-refractivity contribution in [1.29, 1.82) is 0 Å². The molecule has 7 heteroatoms. The number of hydrogen-bond acceptors (Lipinski definition) is 4. The second-order valence-corrected chi connectivity index (χ2v) is 5.51. The molecule has 0 heterocycles. The molecule has 0 saturated carbocycles. The minimum absolute atomic E-state index is 0.0182. The van der Waals surface area contributed by atoms with Crippen molar-refractivity contribution in [1.82, 2.24) is 4.90 Å². The van der Waals surface area contributed by atoms with Gasteiger partial charge in [-0.25, -0.2) is 0 Å². The average Bonchev–Trinajstić information content (AvgIpc) is 2.42. The topological polar surface area (TPSA) is 58.6 Å². The number of ether oxygens (including phenoxy) is 1. The summed E-state index contributed by atoms with van der Waals surface area (Å²) >= 11 is 11.9. The van der Waals surface area contributed by atoms with Crippen molar-refractivity contribution in [2.45, 2.75) is 19.9 Å². The fraction of sp³-hybridized carbons (Fsp3) is 0.429. The summed E-state index contributed by atoms with van der Waals surface area (Å²) < 4.78 is 4.61. The maximum atomic E-state index is 12.1. The number of carbonyl (C=O) groups is 2. The zero-order chi connectivity index (χ0) is 16.0. The van der Waals surface area contributed by atoms with E-state index in [9.17, 15) is 9.59 Å². The van der Waals surface area contributed by atoms with Gasteiger partial charge in [0.1, 0.15) is 0 Å². The molecular formula is C14H18Cl2N2O3. The lowest BCUT2D eigenvalue weighted by Crippen LogP contribution is -2.41. The van der Waals surface area contributed by atoms with Gasteiger partial charge in [0.25, 0.3) is 0 Å². The Morgan fingerprint density at radius 3 is 2.52 bits per heavy atom. The minimum atomic E-state index is -0.391. The molecule has 5 nitrogen and oxygen atoms in total. The lowest BCUT2D eigenvalue weighted by atomic mass is 10.3. The van der Waals surface area contributed by atoms with Gasteiger partial charge in [0.15, 0.2) is 0 Å². The summed E-state index contributed by atoms with van der Waals surface area (Å²) in [7, 11) is 1.31. The number of hydrogen-bond donors (Lipinski definition) is 1. The first-order valence-corrected chi connectivity index (χ1v) is 7.15. The highest BCUT2D eigenvalue weighted by Crippen LogP contribution is 2.29. The molecule has 0 aliphatic rings. The van der Waals surface area contributed by atoms with Crippen LogP contribution in [0.15, 0.2) is 18.2 Å². The Bertz CT molecular complexity index is 521. The predicted octanol–water partition coefficient (Wildman–Crippen LogP) is 2.82. The molecule has 0 radical (unpaired) electrons. The van der Waals surface area contributed by atoms with Crippen LogP contribution in [0, 0.1) is 0 Å². The smallest absolute Gasteiger partial charge is 0.319 e. The van der Waals surface area contributed by atoms with Crippen LogP contribution < -0.4 is 5.32 Å². The molecule has 21 heavy (non-hydrogen) atoms. The van der Waals surface area contributed by atoms with E-state index in [1.165, 1.54) is 7.11 Å². The highest BCUT2D eigenvalue weighted by Gasteiger charge is 2.18. The third kappa shape index (κ3) is 5.53. The maximum absolute atomic E-state index is 12.1. The molecule has 0 aliphatic heterocycles. The standard InChI is InChI=1S/C14H18Cl2N2O3/c1-9(2)18(8-13(20)21-3)7-12(19)17-11-6-4-5-10(15)14(11)16/h4-6,9H,7-8H2,1-3H3,(H,17,19). The highest BCUT2D eigenvalue weighted by atomic mass is 35.5. The van der Waals surface area contributed by atoms with Gasteiger partial charge in [0, 0.05) is 6.04 Å². The van der Waals surface area contributed by atoms with Crippen LogP contribution in [0.1, 0.15) is 13.8 Å². The van der Waals surface area contributed by atoms with Crippen molar-refractivity contribution in [2.24, 2.45) is 0 Å². The zero-order valence-electron chi connectivity index (χ0n) is 12.2. The van der Waals surface area contributed by atoms with Crippen molar-refractivity contribution in [3.8, 4) is 0 Å². The number of benzene rings is 1. The molecule has 1 N–H and O–H groups in total. The second-order valence-electron chi connectivity index (χ2n) is 4.72. The lowest BCUT2D eigenvalue weighted by molar-refractivity contribution is -0.142. The van der Waals surface area contributed by atoms with Crippen molar-refractivity contribution in [3.05, 3.63) is 28.2 Å². The van der Waals surface area contributed by atoms with Crippen LogP contribution in [0.2, 0.25) is 10.0 Å². The Hall–Kier alpha value is -1.30. The van der Waals surface area contributed by atoms with E-state index in [0.29, 0.717) is 10.7 Å². The number of nitrogens with zero attached hydrogens (tertiary/aromatic N) is 1. The van der Waals surface area contributed by atoms with Crippen LogP contribution in [-0.2, 0) is 14.3 Å². The molecule has 1 aromatic carbocycles. The van der Waals surface area contributed by atoms with E-state index >= 15 is 0 Å². The Morgan fingerprint density at radius 1 is 1.29 bits per heavy atom. The summed E-state index contributed by atoms with van der Waals surface area (Å²) in [6, 6.07) is 5.01. The second kappa shape index (κ2) is 8.22. The third-order valence-corrected chi connectivity index (χ3v) is 3.68. The quantitative estimate of drug-likeness (QED) is 0.814. The molecule has 0 saturated heterocycles. The van der Waals surface area contributed by atoms with E-state index in [1.54, 1.807) is 23.1 Å². The summed E-state index contributed by atoms with van der Waals surface area (Å²) in [6.45, 7) is 3.88. The molecule has 1 aromatic rings. The van der Waals surface area contributed by atoms with Crippen molar-refractivity contribution >= 4 is 40.8 Å². The van der Waals surface area contributed by atoms with Gasteiger partial charge in [0.2, 0.25) is 5.91 Å².